The van der Waals surface area contributed by atoms with Crippen molar-refractivity contribution in [1.82, 2.24) is 0 Å². The topological polar surface area (TPSA) is 75.9 Å². The molecule has 5 heavy (non-hydrogen) atoms. The highest BCUT2D eigenvalue weighted by molar-refractivity contribution is 5.75. The normalized spacial score (nSPS) is 4.80. The van der Waals surface area contributed by atoms with Gasteiger partial charge < -0.3 is 11.5 Å². The monoisotopic (exact) mass is 85.0 g/mol. The van der Waals surface area contributed by atoms with Crippen LogP contribution in [0.2, 0.25) is 0 Å². The van der Waals surface area contributed by atoms with Crippen molar-refractivity contribution >= 4 is 29.0 Å². The molecule has 0 aromatic carbocycles. The molecule has 0 rings (SSSR count). The average molecular weight is 85.4 g/mol. The lowest BCUT2D eigenvalue weighted by Crippen LogP contribution is -2.20. The highest BCUT2D eigenvalue weighted by Gasteiger charge is 1.52. The van der Waals surface area contributed by atoms with Crippen LogP contribution >= 0.6 is 0 Å². The third kappa shape index (κ3) is 12700. The maximum atomic E-state index is 6.06. The van der Waals surface area contributed by atoms with Crippen molar-refractivity contribution in [3.8, 4) is 0 Å². The van der Waals surface area contributed by atoms with Gasteiger partial charge in [0.25, 0.3) is 0 Å². The van der Waals surface area contributed by atoms with E-state index in [1.54, 1.807) is 0 Å². The van der Waals surface area contributed by atoms with Crippen molar-refractivity contribution in [3.05, 3.63) is 0 Å². The van der Waals surface area contributed by atoms with Gasteiger partial charge in [-0.2, -0.15) is 0 Å². The van der Waals surface area contributed by atoms with E-state index in [0.717, 1.165) is 0 Å². The van der Waals surface area contributed by atoms with Crippen LogP contribution < -0.4 is 11.5 Å². The van der Waals surface area contributed by atoms with Crippen LogP contribution in [-0.4, -0.2) is 29.0 Å². The molecule has 28 valence electrons. The maximum Gasteiger partial charge on any atom is 0.316 e. The summed E-state index contributed by atoms with van der Waals surface area (Å²) in [6, 6.07) is 0. The van der Waals surface area contributed by atoms with E-state index in [4.69, 9.17) is 5.41 Å². The molecule has 5 N–H and O–H groups in total. The summed E-state index contributed by atoms with van der Waals surface area (Å²) in [6.45, 7) is 0. The van der Waals surface area contributed by atoms with E-state index in [9.17, 15) is 0 Å². The number of nitrogens with two attached hydrogens (primary N) is 2. The number of nitrogens with one attached hydrogen (secondary N) is 1. The second-order valence-corrected chi connectivity index (χ2v) is 0.455. The maximum absolute atomic E-state index is 6.06. The molecule has 4 heteroatoms. The van der Waals surface area contributed by atoms with Crippen LogP contribution in [0.4, 0.5) is 0 Å². The van der Waals surface area contributed by atoms with Gasteiger partial charge in [0.05, 0.1) is 0 Å². The molecule has 0 radical (unpaired) electrons. The van der Waals surface area contributed by atoms with Crippen molar-refractivity contribution < 1.29 is 0 Å². The Labute approximate surface area is 46.4 Å². The van der Waals surface area contributed by atoms with Gasteiger partial charge in [0.2, 0.25) is 0 Å². The quantitative estimate of drug-likeness (QED) is 0.179. The van der Waals surface area contributed by atoms with Crippen molar-refractivity contribution in [1.29, 1.82) is 5.41 Å². The first-order valence-corrected chi connectivity index (χ1v) is 0.827. The molecule has 3 nitrogen and oxygen atoms in total. The van der Waals surface area contributed by atoms with Crippen molar-refractivity contribution in [2.75, 3.05) is 0 Å². The minimum atomic E-state index is -0.333. The average Bonchev–Trinajstić information content (AvgIpc) is 0.811. The third-order valence-corrected chi connectivity index (χ3v) is 0. The molecule has 0 aliphatic rings. The van der Waals surface area contributed by atoms with Crippen LogP contribution in [0, 0.1) is 5.41 Å². The minimum absolute atomic E-state index is 0. The summed E-state index contributed by atoms with van der Waals surface area (Å²) in [4.78, 5) is 0. The first-order valence-electron chi connectivity index (χ1n) is 0.827. The van der Waals surface area contributed by atoms with Crippen molar-refractivity contribution in [3.63, 3.8) is 0 Å². The van der Waals surface area contributed by atoms with Gasteiger partial charge in [0, 0.05) is 0 Å². The van der Waals surface area contributed by atoms with E-state index < -0.39 is 0 Å². The number of hydrogen-bond donors (Lipinski definition) is 3. The Kier molecular flexibility index (Phi) is 7.18. The molecule has 0 heterocycles. The second-order valence-electron chi connectivity index (χ2n) is 0.455. The summed E-state index contributed by atoms with van der Waals surface area (Å²) in [5.41, 5.74) is 8.94. The van der Waals surface area contributed by atoms with Crippen LogP contribution in [0.1, 0.15) is 0 Å². The molecule has 0 aliphatic heterocycles. The van der Waals surface area contributed by atoms with E-state index in [1.807, 2.05) is 0 Å². The Hall–Kier alpha value is 0.0362. The van der Waals surface area contributed by atoms with E-state index in [2.05, 4.69) is 11.5 Å². The Morgan fingerprint density at radius 1 is 1.40 bits per heavy atom. The molecular weight excluding hydrogens is 78.3 g/mol. The highest BCUT2D eigenvalue weighted by Crippen LogP contribution is 1.13. The summed E-state index contributed by atoms with van der Waals surface area (Å²) in [5, 5.41) is 6.06. The van der Waals surface area contributed by atoms with E-state index >= 15 is 0 Å². The first kappa shape index (κ1) is 8.90. The minimum Gasteiger partial charge on any atom is -0.370 e. The lowest BCUT2D eigenvalue weighted by Gasteiger charge is -1.69. The fourth-order valence-electron chi connectivity index (χ4n) is 0. The molecule has 0 spiro atoms. The Bertz CT molecular complexity index is 29.9. The molecule has 0 saturated heterocycles. The predicted molar refractivity (Wildman–Crippen MR) is 24.6 cm³/mol. The van der Waals surface area contributed by atoms with Gasteiger partial charge in [-0.15, -0.1) is 0 Å². The zero-order chi connectivity index (χ0) is 3.58. The molecule has 0 saturated carbocycles. The molecular formula is CH7MgN3. The first-order chi connectivity index (χ1) is 1.73. The summed E-state index contributed by atoms with van der Waals surface area (Å²) in [7, 11) is 0. The molecule has 0 unspecified atom stereocenters. The van der Waals surface area contributed by atoms with E-state index in [0.29, 0.717) is 0 Å². The Morgan fingerprint density at radius 2 is 1.40 bits per heavy atom. The van der Waals surface area contributed by atoms with Gasteiger partial charge in [-0.05, 0) is 0 Å². The van der Waals surface area contributed by atoms with Gasteiger partial charge >= 0.3 is 23.1 Å². The summed E-state index contributed by atoms with van der Waals surface area (Å²) >= 11 is 0. The zero-order valence-corrected chi connectivity index (χ0v) is 2.15. The molecule has 0 aromatic rings. The van der Waals surface area contributed by atoms with Crippen LogP contribution in [-0.2, 0) is 0 Å². The molecule has 0 amide bonds. The zero-order valence-electron chi connectivity index (χ0n) is 2.15. The highest BCUT2D eigenvalue weighted by atomic mass is 24.3. The van der Waals surface area contributed by atoms with Crippen LogP contribution in [0.15, 0.2) is 0 Å². The standard InChI is InChI=1S/CH5N3.Mg.2H/c2-1(3)4;;;/h(H5,2,3,4);;;. The van der Waals surface area contributed by atoms with Gasteiger partial charge in [-0.3, -0.25) is 5.41 Å². The third-order valence-electron chi connectivity index (χ3n) is 0. The summed E-state index contributed by atoms with van der Waals surface area (Å²) in [6.07, 6.45) is 0. The molecule has 0 fully saturated rings. The van der Waals surface area contributed by atoms with Crippen LogP contribution in [0.3, 0.4) is 0 Å². The molecule has 0 aliphatic carbocycles. The summed E-state index contributed by atoms with van der Waals surface area (Å²) in [5.74, 6) is -0.333. The fraction of sp³-hybridized carbons (Fsp3) is 0. The lowest BCUT2D eigenvalue weighted by atomic mass is 11.1. The number of rotatable bonds is 0. The number of hydrogen-bond acceptors (Lipinski definition) is 1. The molecule has 0 atom stereocenters. The van der Waals surface area contributed by atoms with Gasteiger partial charge in [0.15, 0.2) is 5.96 Å². The Balaban J connectivity index is 0. The predicted octanol–water partition coefficient (Wildman–Crippen LogP) is -2.08. The molecule has 0 aromatic heterocycles. The van der Waals surface area contributed by atoms with Gasteiger partial charge in [0.1, 0.15) is 0 Å². The SMILES string of the molecule is N=C(N)N.[MgH2]. The largest absolute Gasteiger partial charge is 0.370 e. The summed E-state index contributed by atoms with van der Waals surface area (Å²) < 4.78 is 0. The lowest BCUT2D eigenvalue weighted by molar-refractivity contribution is 1.39. The fourth-order valence-corrected chi connectivity index (χ4v) is 0. The smallest absolute Gasteiger partial charge is 0.316 e. The van der Waals surface area contributed by atoms with E-state index in [1.165, 1.54) is 0 Å². The van der Waals surface area contributed by atoms with Crippen molar-refractivity contribution in [2.45, 2.75) is 0 Å². The molecule has 0 bridgehead atoms. The van der Waals surface area contributed by atoms with E-state index in [-0.39, 0.29) is 29.0 Å². The van der Waals surface area contributed by atoms with Crippen LogP contribution in [0.5, 0.6) is 0 Å². The van der Waals surface area contributed by atoms with Crippen LogP contribution in [0.25, 0.3) is 0 Å². The van der Waals surface area contributed by atoms with Gasteiger partial charge in [-0.1, -0.05) is 0 Å². The Morgan fingerprint density at radius 3 is 1.40 bits per heavy atom. The van der Waals surface area contributed by atoms with Gasteiger partial charge in [-0.25, -0.2) is 0 Å². The number of guanidine groups is 1. The second kappa shape index (κ2) is 4.04. The van der Waals surface area contributed by atoms with Crippen molar-refractivity contribution in [2.24, 2.45) is 11.5 Å².